The standard InChI is InChI=1S/C7H6F2N2O.ClH/c8-4-1-2-5(9)6(3-4)11-7(10)12;/h1-3H,(H3,10,11,12);1H. The van der Waals surface area contributed by atoms with E-state index in [0.29, 0.717) is 0 Å². The molecular formula is C7H7ClF2N2O. The molecule has 0 atom stereocenters. The van der Waals surface area contributed by atoms with Gasteiger partial charge in [0.15, 0.2) is 0 Å². The zero-order chi connectivity index (χ0) is 9.14. The second kappa shape index (κ2) is 4.61. The van der Waals surface area contributed by atoms with E-state index >= 15 is 0 Å². The third-order valence-electron chi connectivity index (χ3n) is 1.19. The summed E-state index contributed by atoms with van der Waals surface area (Å²) in [4.78, 5) is 10.3. The number of carbonyl (C=O) groups is 1. The highest BCUT2D eigenvalue weighted by Gasteiger charge is 2.04. The first-order valence-electron chi connectivity index (χ1n) is 3.11. The molecule has 6 heteroatoms. The minimum atomic E-state index is -0.931. The van der Waals surface area contributed by atoms with E-state index < -0.39 is 17.7 Å². The van der Waals surface area contributed by atoms with E-state index in [-0.39, 0.29) is 18.1 Å². The molecule has 0 aliphatic rings. The number of anilines is 1. The fraction of sp³-hybridized carbons (Fsp3) is 0. The van der Waals surface area contributed by atoms with Crippen LogP contribution in [0.3, 0.4) is 0 Å². The molecular weight excluding hydrogens is 202 g/mol. The Hall–Kier alpha value is -1.36. The van der Waals surface area contributed by atoms with Crippen LogP contribution in [0.4, 0.5) is 19.3 Å². The summed E-state index contributed by atoms with van der Waals surface area (Å²) in [5.41, 5.74) is 4.44. The molecule has 0 saturated heterocycles. The number of rotatable bonds is 1. The molecule has 0 aromatic heterocycles. The minimum absolute atomic E-state index is 0. The molecule has 0 heterocycles. The van der Waals surface area contributed by atoms with Crippen LogP contribution in [0.15, 0.2) is 18.2 Å². The second-order valence-electron chi connectivity index (χ2n) is 2.11. The molecule has 0 aliphatic carbocycles. The van der Waals surface area contributed by atoms with Gasteiger partial charge in [-0.15, -0.1) is 12.4 Å². The highest BCUT2D eigenvalue weighted by Crippen LogP contribution is 2.14. The lowest BCUT2D eigenvalue weighted by atomic mass is 10.3. The van der Waals surface area contributed by atoms with Crippen LogP contribution in [0.2, 0.25) is 0 Å². The van der Waals surface area contributed by atoms with Crippen molar-refractivity contribution in [1.29, 1.82) is 0 Å². The third kappa shape index (κ3) is 3.25. The molecule has 72 valence electrons. The topological polar surface area (TPSA) is 55.1 Å². The lowest BCUT2D eigenvalue weighted by molar-refractivity contribution is 0.259. The van der Waals surface area contributed by atoms with Crippen molar-refractivity contribution < 1.29 is 13.6 Å². The van der Waals surface area contributed by atoms with Crippen LogP contribution < -0.4 is 11.1 Å². The number of primary amides is 1. The number of halogens is 3. The summed E-state index contributed by atoms with van der Waals surface area (Å²) in [5.74, 6) is -1.37. The Balaban J connectivity index is 0.00000144. The van der Waals surface area contributed by atoms with Crippen molar-refractivity contribution in [2.45, 2.75) is 0 Å². The van der Waals surface area contributed by atoms with Gasteiger partial charge in [0.05, 0.1) is 5.69 Å². The van der Waals surface area contributed by atoms with Gasteiger partial charge in [-0.05, 0) is 12.1 Å². The number of carbonyl (C=O) groups excluding carboxylic acids is 1. The van der Waals surface area contributed by atoms with Crippen LogP contribution in [0, 0.1) is 11.6 Å². The molecule has 0 bridgehead atoms. The zero-order valence-electron chi connectivity index (χ0n) is 6.38. The van der Waals surface area contributed by atoms with E-state index in [1.165, 1.54) is 0 Å². The first-order chi connectivity index (χ1) is 5.59. The van der Waals surface area contributed by atoms with Crippen LogP contribution in [0.5, 0.6) is 0 Å². The molecule has 0 saturated carbocycles. The van der Waals surface area contributed by atoms with E-state index in [4.69, 9.17) is 5.73 Å². The Labute approximate surface area is 79.3 Å². The SMILES string of the molecule is Cl.NC(=O)Nc1cc(F)ccc1F. The highest BCUT2D eigenvalue weighted by molar-refractivity contribution is 5.87. The lowest BCUT2D eigenvalue weighted by Gasteiger charge is -2.01. The number of nitrogens with two attached hydrogens (primary N) is 1. The van der Waals surface area contributed by atoms with Gasteiger partial charge in [-0.1, -0.05) is 0 Å². The van der Waals surface area contributed by atoms with Gasteiger partial charge < -0.3 is 11.1 Å². The Morgan fingerprint density at radius 2 is 2.00 bits per heavy atom. The van der Waals surface area contributed by atoms with Crippen molar-refractivity contribution in [3.05, 3.63) is 29.8 Å². The first kappa shape index (κ1) is 11.6. The minimum Gasteiger partial charge on any atom is -0.351 e. The largest absolute Gasteiger partial charge is 0.351 e. The number of benzene rings is 1. The van der Waals surface area contributed by atoms with E-state index in [1.807, 2.05) is 5.32 Å². The highest BCUT2D eigenvalue weighted by atomic mass is 35.5. The van der Waals surface area contributed by atoms with Crippen LogP contribution >= 0.6 is 12.4 Å². The summed E-state index contributed by atoms with van der Waals surface area (Å²) in [6.45, 7) is 0. The quantitative estimate of drug-likeness (QED) is 0.728. The van der Waals surface area contributed by atoms with Crippen molar-refractivity contribution in [2.24, 2.45) is 5.73 Å². The van der Waals surface area contributed by atoms with Gasteiger partial charge in [-0.3, -0.25) is 0 Å². The van der Waals surface area contributed by atoms with E-state index in [2.05, 4.69) is 0 Å². The van der Waals surface area contributed by atoms with Crippen LogP contribution in [-0.4, -0.2) is 6.03 Å². The predicted molar refractivity (Wildman–Crippen MR) is 46.8 cm³/mol. The summed E-state index contributed by atoms with van der Waals surface area (Å²) in [7, 11) is 0. The van der Waals surface area contributed by atoms with Gasteiger partial charge >= 0.3 is 6.03 Å². The van der Waals surface area contributed by atoms with E-state index in [0.717, 1.165) is 18.2 Å². The van der Waals surface area contributed by atoms with Gasteiger partial charge in [-0.2, -0.15) is 0 Å². The van der Waals surface area contributed by atoms with Crippen LogP contribution in [-0.2, 0) is 0 Å². The van der Waals surface area contributed by atoms with Crippen molar-refractivity contribution in [3.63, 3.8) is 0 Å². The average molecular weight is 209 g/mol. The predicted octanol–water partition coefficient (Wildman–Crippen LogP) is 1.88. The summed E-state index contributed by atoms with van der Waals surface area (Å²) < 4.78 is 25.1. The molecule has 3 N–H and O–H groups in total. The Morgan fingerprint density at radius 1 is 1.38 bits per heavy atom. The number of amides is 2. The summed E-state index contributed by atoms with van der Waals surface area (Å²) in [5, 5.41) is 1.94. The van der Waals surface area contributed by atoms with Crippen molar-refractivity contribution >= 4 is 24.1 Å². The molecule has 0 fully saturated rings. The van der Waals surface area contributed by atoms with Gasteiger partial charge in [0.25, 0.3) is 0 Å². The van der Waals surface area contributed by atoms with Crippen molar-refractivity contribution in [1.82, 2.24) is 0 Å². The average Bonchev–Trinajstić information content (AvgIpc) is 1.96. The molecule has 13 heavy (non-hydrogen) atoms. The fourth-order valence-corrected chi connectivity index (χ4v) is 0.726. The Bertz CT molecular complexity index is 319. The van der Waals surface area contributed by atoms with E-state index in [9.17, 15) is 13.6 Å². The van der Waals surface area contributed by atoms with Crippen LogP contribution in [0.1, 0.15) is 0 Å². The van der Waals surface area contributed by atoms with E-state index in [1.54, 1.807) is 0 Å². The number of nitrogens with one attached hydrogen (secondary N) is 1. The molecule has 1 aromatic carbocycles. The van der Waals surface area contributed by atoms with Gasteiger partial charge in [0.1, 0.15) is 11.6 Å². The maximum atomic E-state index is 12.7. The Kier molecular flexibility index (Phi) is 4.13. The number of urea groups is 1. The normalized spacial score (nSPS) is 8.77. The maximum absolute atomic E-state index is 12.7. The van der Waals surface area contributed by atoms with Crippen molar-refractivity contribution in [2.75, 3.05) is 5.32 Å². The molecule has 0 spiro atoms. The molecule has 1 aromatic rings. The van der Waals surface area contributed by atoms with Gasteiger partial charge in [-0.25, -0.2) is 13.6 Å². The van der Waals surface area contributed by atoms with Crippen molar-refractivity contribution in [3.8, 4) is 0 Å². The fourth-order valence-electron chi connectivity index (χ4n) is 0.726. The third-order valence-corrected chi connectivity index (χ3v) is 1.19. The summed E-state index contributed by atoms with van der Waals surface area (Å²) in [6, 6.07) is 1.77. The monoisotopic (exact) mass is 208 g/mol. The molecule has 3 nitrogen and oxygen atoms in total. The second-order valence-corrected chi connectivity index (χ2v) is 2.11. The first-order valence-corrected chi connectivity index (χ1v) is 3.11. The van der Waals surface area contributed by atoms with Gasteiger partial charge in [0, 0.05) is 6.07 Å². The van der Waals surface area contributed by atoms with Crippen LogP contribution in [0.25, 0.3) is 0 Å². The number of hydrogen-bond donors (Lipinski definition) is 2. The molecule has 2 amide bonds. The zero-order valence-corrected chi connectivity index (χ0v) is 7.20. The maximum Gasteiger partial charge on any atom is 0.316 e. The molecule has 0 radical (unpaired) electrons. The smallest absolute Gasteiger partial charge is 0.316 e. The lowest BCUT2D eigenvalue weighted by Crippen LogP contribution is -2.20. The summed E-state index contributed by atoms with van der Waals surface area (Å²) in [6.07, 6.45) is 0. The summed E-state index contributed by atoms with van der Waals surface area (Å²) >= 11 is 0. The molecule has 1 rings (SSSR count). The molecule has 0 aliphatic heterocycles. The molecule has 0 unspecified atom stereocenters. The van der Waals surface area contributed by atoms with Gasteiger partial charge in [0.2, 0.25) is 0 Å². The number of hydrogen-bond acceptors (Lipinski definition) is 1. The Morgan fingerprint density at radius 3 is 2.54 bits per heavy atom.